The molecule has 13 atom stereocenters. The number of hydrogen-bond donors (Lipinski definition) is 12. The number of piperidine rings is 1. The molecule has 1 unspecified atom stereocenters. The third-order valence-electron chi connectivity index (χ3n) is 16.2. The molecule has 0 spiro atoms. The first kappa shape index (κ1) is 80.2. The molecular weight excluding hydrogens is 1260 g/mol. The Morgan fingerprint density at radius 3 is 2.15 bits per heavy atom. The monoisotopic (exact) mass is 1350 g/mol. The minimum absolute atomic E-state index is 0.0301. The fourth-order valence-corrected chi connectivity index (χ4v) is 13.3. The quantitative estimate of drug-likeness (QED) is 0.0148. The Morgan fingerprint density at radius 2 is 1.53 bits per heavy atom. The summed E-state index contributed by atoms with van der Waals surface area (Å²) in [6.45, 7) is 13.4. The van der Waals surface area contributed by atoms with Gasteiger partial charge in [-0.1, -0.05) is 95.0 Å². The minimum atomic E-state index is -1.92. The molecule has 0 bridgehead atoms. The normalized spacial score (nSPS) is 17.4. The van der Waals surface area contributed by atoms with E-state index in [-0.39, 0.29) is 117 Å². The van der Waals surface area contributed by atoms with E-state index in [0.29, 0.717) is 24.3 Å². The lowest BCUT2D eigenvalue weighted by molar-refractivity contribution is -0.160. The Hall–Kier alpha value is -5.99. The summed E-state index contributed by atoms with van der Waals surface area (Å²) in [7, 11) is 4.08. The molecule has 2 aromatic rings. The lowest BCUT2D eigenvalue weighted by Crippen LogP contribution is -2.50. The number of ketones is 2. The van der Waals surface area contributed by atoms with Crippen molar-refractivity contribution in [2.75, 3.05) is 51.6 Å². The zero-order chi connectivity index (χ0) is 68.8. The number of hydrazine groups is 1. The molecule has 1 aliphatic rings. The molecule has 518 valence electrons. The van der Waals surface area contributed by atoms with Crippen molar-refractivity contribution in [1.82, 2.24) is 41.6 Å². The summed E-state index contributed by atoms with van der Waals surface area (Å²) >= 11 is 1.27. The Morgan fingerprint density at radius 1 is 0.848 bits per heavy atom. The number of aliphatic hydroxyl groups is 5. The number of rotatable bonds is 42. The first-order chi connectivity index (χ1) is 43.5. The van der Waals surface area contributed by atoms with Crippen molar-refractivity contribution in [3.63, 3.8) is 0 Å². The molecule has 3 rings (SSSR count). The molecule has 0 aliphatic carbocycles. The van der Waals surface area contributed by atoms with E-state index in [9.17, 15) is 78.6 Å². The molecule has 1 aromatic heterocycles. The van der Waals surface area contributed by atoms with Crippen LogP contribution in [0.25, 0.3) is 0 Å². The van der Waals surface area contributed by atoms with Crippen molar-refractivity contribution in [2.24, 2.45) is 29.6 Å². The topological polar surface area (TPSA) is 410 Å². The first-order valence-corrected chi connectivity index (χ1v) is 34.7. The fraction of sp³-hybridized carbons (Fsp3) is 0.694. The number of benzene rings is 1. The highest BCUT2D eigenvalue weighted by molar-refractivity contribution is 8.76. The average Bonchev–Trinajstić information content (AvgIpc) is 1.22. The second kappa shape index (κ2) is 41.7. The van der Waals surface area contributed by atoms with Crippen LogP contribution in [0.1, 0.15) is 159 Å². The van der Waals surface area contributed by atoms with Crippen LogP contribution in [0, 0.1) is 29.6 Å². The van der Waals surface area contributed by atoms with Crippen LogP contribution in [-0.4, -0.2) is 210 Å². The number of ether oxygens (including phenoxy) is 2. The molecule has 1 aliphatic heterocycles. The van der Waals surface area contributed by atoms with Crippen LogP contribution in [0.5, 0.6) is 5.75 Å². The van der Waals surface area contributed by atoms with Gasteiger partial charge in [-0.05, 0) is 95.0 Å². The molecule has 30 heteroatoms. The Balaban J connectivity index is 1.60. The zero-order valence-electron chi connectivity index (χ0n) is 54.2. The van der Waals surface area contributed by atoms with Gasteiger partial charge in [-0.2, -0.15) is 0 Å². The Kier molecular flexibility index (Phi) is 36.3. The average molecular weight is 1360 g/mol. The van der Waals surface area contributed by atoms with Gasteiger partial charge in [0.25, 0.3) is 5.91 Å². The number of aromatic hydroxyl groups is 1. The van der Waals surface area contributed by atoms with E-state index in [1.54, 1.807) is 29.3 Å². The van der Waals surface area contributed by atoms with Crippen LogP contribution >= 0.6 is 32.9 Å². The Labute approximate surface area is 550 Å². The van der Waals surface area contributed by atoms with E-state index < -0.39 is 121 Å². The number of thiazole rings is 1. The van der Waals surface area contributed by atoms with Gasteiger partial charge in [-0.3, -0.25) is 43.9 Å². The summed E-state index contributed by atoms with van der Waals surface area (Å²) in [5.74, 6) is -8.20. The molecule has 92 heavy (non-hydrogen) atoms. The van der Waals surface area contributed by atoms with Gasteiger partial charge < -0.3 is 70.9 Å². The molecule has 12 N–H and O–H groups in total. The number of nitrogens with zero attached hydrogens (tertiary/aromatic N) is 3. The van der Waals surface area contributed by atoms with Crippen molar-refractivity contribution < 1.29 is 93.2 Å². The maximum atomic E-state index is 14.9. The van der Waals surface area contributed by atoms with Crippen LogP contribution in [0.15, 0.2) is 29.6 Å². The molecule has 27 nitrogen and oxygen atoms in total. The van der Waals surface area contributed by atoms with Crippen molar-refractivity contribution >= 4 is 92.1 Å². The van der Waals surface area contributed by atoms with Crippen LogP contribution in [0.2, 0.25) is 0 Å². The number of amides is 6. The third kappa shape index (κ3) is 27.9. The number of carbonyl (C=O) groups is 10. The highest BCUT2D eigenvalue weighted by Crippen LogP contribution is 2.33. The van der Waals surface area contributed by atoms with Crippen molar-refractivity contribution in [1.29, 1.82) is 0 Å². The number of nitrogens with one attached hydrogen (secondary N) is 5. The van der Waals surface area contributed by atoms with Gasteiger partial charge in [0.15, 0.2) is 12.5 Å². The summed E-state index contributed by atoms with van der Waals surface area (Å²) in [5, 5.41) is 78.0. The number of phenolic OH excluding ortho intramolecular Hbond substituents is 1. The summed E-state index contributed by atoms with van der Waals surface area (Å²) in [6.07, 6.45) is -4.33. The SMILES string of the molecule is CCCC(=O)OCN(C(=O)[C@@H](CC(=O)[C@H]1CCCCN1C)C(C)CC)[C@H](C[C@@H](C)c1nc(C(=O)N[C@@H](Cc2ccc(O)cc2)C[C@H](C)C(=O)NNC(=O)OCCSSC[C@@H](NC(=O)[C@H](CCC(=O)NC[C@H](O)[C@@H](O)[C@H](O)[C@H](O)CO)CC(C)=O)C(=O)O)cs1)C(C)C. The molecule has 2 heterocycles. The predicted octanol–water partition coefficient (Wildman–Crippen LogP) is 3.61. The number of phenols is 1. The van der Waals surface area contributed by atoms with Crippen molar-refractivity contribution in [2.45, 2.75) is 193 Å². The number of carbonyl (C=O) groups excluding carboxylic acids is 9. The molecule has 1 saturated heterocycles. The number of aliphatic carboxylic acids is 1. The largest absolute Gasteiger partial charge is 0.508 e. The van der Waals surface area contributed by atoms with Gasteiger partial charge in [0, 0.05) is 84.9 Å². The van der Waals surface area contributed by atoms with Gasteiger partial charge in [0.05, 0.1) is 23.8 Å². The maximum absolute atomic E-state index is 14.9. The van der Waals surface area contributed by atoms with Gasteiger partial charge in [0.1, 0.15) is 48.2 Å². The third-order valence-corrected chi connectivity index (χ3v) is 19.6. The number of Topliss-reactive ketones (excluding diaryl/α,β-unsaturated/α-hetero) is 2. The summed E-state index contributed by atoms with van der Waals surface area (Å²) in [5.41, 5.74) is 5.37. The minimum Gasteiger partial charge on any atom is -0.508 e. The lowest BCUT2D eigenvalue weighted by atomic mass is 9.82. The number of likely N-dealkylation sites (tertiary alicyclic amines) is 1. The number of carboxylic acids is 1. The van der Waals surface area contributed by atoms with E-state index >= 15 is 0 Å². The van der Waals surface area contributed by atoms with E-state index in [2.05, 4.69) is 31.7 Å². The van der Waals surface area contributed by atoms with Gasteiger partial charge in [-0.25, -0.2) is 20.0 Å². The second-order valence-corrected chi connectivity index (χ2v) is 27.6. The maximum Gasteiger partial charge on any atom is 0.426 e. The number of aliphatic hydroxyl groups excluding tert-OH is 5. The Bertz CT molecular complexity index is 2690. The molecular formula is C62H98N8O19S3. The van der Waals surface area contributed by atoms with Crippen molar-refractivity contribution in [3.8, 4) is 5.75 Å². The van der Waals surface area contributed by atoms with Gasteiger partial charge in [-0.15, -0.1) is 11.3 Å². The molecule has 6 amide bonds. The number of carboxylic acid groups (broad SMARTS) is 1. The number of esters is 1. The molecule has 0 radical (unpaired) electrons. The predicted molar refractivity (Wildman–Crippen MR) is 345 cm³/mol. The summed E-state index contributed by atoms with van der Waals surface area (Å²) in [4.78, 5) is 140. The highest BCUT2D eigenvalue weighted by atomic mass is 33.1. The van der Waals surface area contributed by atoms with E-state index in [4.69, 9.17) is 19.6 Å². The number of likely N-dealkylation sites (N-methyl/N-ethyl adjacent to an activating group) is 1. The zero-order valence-corrected chi connectivity index (χ0v) is 56.7. The van der Waals surface area contributed by atoms with Crippen LogP contribution in [0.3, 0.4) is 0 Å². The van der Waals surface area contributed by atoms with Crippen LogP contribution in [0.4, 0.5) is 4.79 Å². The van der Waals surface area contributed by atoms with E-state index in [1.807, 2.05) is 48.6 Å². The first-order valence-electron chi connectivity index (χ1n) is 31.3. The van der Waals surface area contributed by atoms with Gasteiger partial charge >= 0.3 is 18.0 Å². The number of aromatic nitrogens is 1. The number of hydrogen-bond acceptors (Lipinski definition) is 23. The van der Waals surface area contributed by atoms with Crippen molar-refractivity contribution in [3.05, 3.63) is 45.9 Å². The second-order valence-electron chi connectivity index (χ2n) is 24.1. The van der Waals surface area contributed by atoms with Gasteiger partial charge in [0.2, 0.25) is 23.6 Å². The standard InChI is InChI=1S/C62H98N8O19S3/c1-10-14-53(78)89-34-70(60(84)44(36(5)11-2)29-49(74)47-15-12-13-22-69(47)9)48(35(3)4)26-38(7)59-66-45(32-90-59)58(83)64-42(28-40-16-19-43(73)20-17-40)25-37(6)56(81)67-68-62(87)88-23-24-91-92-33-46(61(85)86)65-57(82)41(27-39(8)72)18-21-52(77)63-30-50(75)54(79)55(80)51(76)31-71/h16-17,19-20,32,35-38,41-42,44,46-48,50-51,54-55,71,73,75-76,79-80H,10-15,18,21-31,33-34H2,1-9H3,(H,63,77)(H,64,83)(H,65,82)(H,67,81)(H,68,87)(H,85,86)/t36?,37-,38+,41+,42+,44-,46+,47+,48+,50-,51+,54+,55+/m0/s1. The summed E-state index contributed by atoms with van der Waals surface area (Å²) < 4.78 is 10.9. The van der Waals surface area contributed by atoms with Crippen LogP contribution < -0.4 is 26.8 Å². The molecule has 1 fully saturated rings. The fourth-order valence-electron chi connectivity index (χ4n) is 10.4. The van der Waals surface area contributed by atoms with E-state index in [0.717, 1.165) is 53.0 Å². The van der Waals surface area contributed by atoms with E-state index in [1.165, 1.54) is 30.4 Å². The van der Waals surface area contributed by atoms with Crippen LogP contribution in [-0.2, 0) is 54.3 Å². The lowest BCUT2D eigenvalue weighted by Gasteiger charge is -2.39. The molecule has 0 saturated carbocycles. The summed E-state index contributed by atoms with van der Waals surface area (Å²) in [6, 6.07) is 3.56. The smallest absolute Gasteiger partial charge is 0.426 e. The molecule has 1 aromatic carbocycles. The highest BCUT2D eigenvalue weighted by Gasteiger charge is 2.39.